The summed E-state index contributed by atoms with van der Waals surface area (Å²) in [6, 6.07) is 13.5. The summed E-state index contributed by atoms with van der Waals surface area (Å²) in [5, 5.41) is 3.55. The fourth-order valence-corrected chi connectivity index (χ4v) is 3.22. The molecule has 2 amide bonds. The van der Waals surface area contributed by atoms with Crippen molar-refractivity contribution >= 4 is 28.4 Å². The molecule has 0 fully saturated rings. The standard InChI is InChI=1S/C23H24FN3O2/c1-4-11-27(14-22(28)26-20-8-6-5-7-15(20)2)23(29)19-12-17-9-10-18(24)13-21(17)25-16(19)3/h5-10,12-13H,4,11,14H2,1-3H3,(H,26,28). The number of hydrogen-bond acceptors (Lipinski definition) is 3. The molecule has 1 aromatic heterocycles. The molecule has 0 saturated heterocycles. The molecule has 3 rings (SSSR count). The van der Waals surface area contributed by atoms with Gasteiger partial charge < -0.3 is 10.2 Å². The number of carbonyl (C=O) groups is 2. The van der Waals surface area contributed by atoms with E-state index in [-0.39, 0.29) is 24.2 Å². The van der Waals surface area contributed by atoms with Crippen molar-refractivity contribution in [3.63, 3.8) is 0 Å². The Morgan fingerprint density at radius 3 is 2.59 bits per heavy atom. The molecule has 1 N–H and O–H groups in total. The molecule has 0 saturated carbocycles. The number of fused-ring (bicyclic) bond motifs is 1. The van der Waals surface area contributed by atoms with Gasteiger partial charge in [-0.15, -0.1) is 0 Å². The van der Waals surface area contributed by atoms with Crippen molar-refractivity contribution < 1.29 is 14.0 Å². The third kappa shape index (κ3) is 4.77. The van der Waals surface area contributed by atoms with Crippen LogP contribution in [0.25, 0.3) is 10.9 Å². The van der Waals surface area contributed by atoms with Gasteiger partial charge in [-0.3, -0.25) is 14.6 Å². The van der Waals surface area contributed by atoms with Gasteiger partial charge in [0.1, 0.15) is 12.4 Å². The first-order valence-corrected chi connectivity index (χ1v) is 9.60. The summed E-state index contributed by atoms with van der Waals surface area (Å²) in [7, 11) is 0. The van der Waals surface area contributed by atoms with Crippen LogP contribution < -0.4 is 5.32 Å². The van der Waals surface area contributed by atoms with Crippen molar-refractivity contribution in [3.05, 3.63) is 71.2 Å². The van der Waals surface area contributed by atoms with Crippen molar-refractivity contribution in [1.82, 2.24) is 9.88 Å². The zero-order chi connectivity index (χ0) is 21.0. The molecule has 0 atom stereocenters. The zero-order valence-corrected chi connectivity index (χ0v) is 16.8. The third-order valence-electron chi connectivity index (χ3n) is 4.74. The van der Waals surface area contributed by atoms with Gasteiger partial charge in [0.2, 0.25) is 5.91 Å². The lowest BCUT2D eigenvalue weighted by molar-refractivity contribution is -0.116. The molecule has 2 aromatic carbocycles. The number of aromatic nitrogens is 1. The Labute approximate surface area is 169 Å². The molecule has 3 aromatic rings. The Balaban J connectivity index is 1.83. The number of halogens is 1. The van der Waals surface area contributed by atoms with Crippen LogP contribution in [0.3, 0.4) is 0 Å². The molecule has 0 aliphatic rings. The summed E-state index contributed by atoms with van der Waals surface area (Å²) in [5.74, 6) is -0.887. The maximum Gasteiger partial charge on any atom is 0.256 e. The molecule has 1 heterocycles. The Bertz CT molecular complexity index is 1070. The second-order valence-corrected chi connectivity index (χ2v) is 7.05. The Morgan fingerprint density at radius 1 is 1.10 bits per heavy atom. The van der Waals surface area contributed by atoms with E-state index in [2.05, 4.69) is 10.3 Å². The van der Waals surface area contributed by atoms with Crippen LogP contribution in [0.4, 0.5) is 10.1 Å². The molecular formula is C23H24FN3O2. The number of nitrogens with zero attached hydrogens (tertiary/aromatic N) is 2. The summed E-state index contributed by atoms with van der Waals surface area (Å²) in [6.07, 6.45) is 0.717. The molecule has 0 unspecified atom stereocenters. The van der Waals surface area contributed by atoms with Gasteiger partial charge in [0.25, 0.3) is 5.91 Å². The number of rotatable bonds is 6. The van der Waals surface area contributed by atoms with Gasteiger partial charge >= 0.3 is 0 Å². The SMILES string of the molecule is CCCN(CC(=O)Nc1ccccc1C)C(=O)c1cc2ccc(F)cc2nc1C. The Hall–Kier alpha value is -3.28. The van der Waals surface area contributed by atoms with E-state index in [1.807, 2.05) is 38.1 Å². The average Bonchev–Trinajstić information content (AvgIpc) is 2.68. The molecule has 5 nitrogen and oxygen atoms in total. The van der Waals surface area contributed by atoms with Crippen LogP contribution in [0.1, 0.15) is 35.0 Å². The quantitative estimate of drug-likeness (QED) is 0.672. The van der Waals surface area contributed by atoms with E-state index < -0.39 is 0 Å². The van der Waals surface area contributed by atoms with E-state index in [4.69, 9.17) is 0 Å². The zero-order valence-electron chi connectivity index (χ0n) is 16.8. The van der Waals surface area contributed by atoms with Crippen LogP contribution in [0.5, 0.6) is 0 Å². The summed E-state index contributed by atoms with van der Waals surface area (Å²) in [4.78, 5) is 31.6. The second-order valence-electron chi connectivity index (χ2n) is 7.05. The molecule has 29 heavy (non-hydrogen) atoms. The minimum absolute atomic E-state index is 0.0537. The number of nitrogens with one attached hydrogen (secondary N) is 1. The average molecular weight is 393 g/mol. The fourth-order valence-electron chi connectivity index (χ4n) is 3.22. The molecular weight excluding hydrogens is 369 g/mol. The predicted octanol–water partition coefficient (Wildman–Crippen LogP) is 4.48. The molecule has 0 radical (unpaired) electrons. The van der Waals surface area contributed by atoms with Crippen LogP contribution in [-0.2, 0) is 4.79 Å². The highest BCUT2D eigenvalue weighted by Gasteiger charge is 2.21. The normalized spacial score (nSPS) is 10.8. The summed E-state index contributed by atoms with van der Waals surface area (Å²) in [6.45, 7) is 5.98. The van der Waals surface area contributed by atoms with Crippen molar-refractivity contribution in [2.75, 3.05) is 18.4 Å². The van der Waals surface area contributed by atoms with Gasteiger partial charge in [0.15, 0.2) is 0 Å². The van der Waals surface area contributed by atoms with Crippen LogP contribution >= 0.6 is 0 Å². The third-order valence-corrected chi connectivity index (χ3v) is 4.74. The van der Waals surface area contributed by atoms with Crippen LogP contribution in [0.15, 0.2) is 48.5 Å². The first kappa shape index (κ1) is 20.5. The largest absolute Gasteiger partial charge is 0.329 e. The van der Waals surface area contributed by atoms with E-state index in [0.29, 0.717) is 35.1 Å². The maximum atomic E-state index is 13.4. The number of carbonyl (C=O) groups excluding carboxylic acids is 2. The van der Waals surface area contributed by atoms with Crippen LogP contribution in [0, 0.1) is 19.7 Å². The highest BCUT2D eigenvalue weighted by atomic mass is 19.1. The van der Waals surface area contributed by atoms with E-state index in [1.54, 1.807) is 19.1 Å². The van der Waals surface area contributed by atoms with Crippen molar-refractivity contribution in [2.45, 2.75) is 27.2 Å². The lowest BCUT2D eigenvalue weighted by atomic mass is 10.1. The van der Waals surface area contributed by atoms with E-state index in [9.17, 15) is 14.0 Å². The van der Waals surface area contributed by atoms with Crippen molar-refractivity contribution in [2.24, 2.45) is 0 Å². The Kier molecular flexibility index (Phi) is 6.22. The summed E-state index contributed by atoms with van der Waals surface area (Å²) >= 11 is 0. The maximum absolute atomic E-state index is 13.4. The molecule has 0 bridgehead atoms. The van der Waals surface area contributed by atoms with Crippen molar-refractivity contribution in [3.8, 4) is 0 Å². The lowest BCUT2D eigenvalue weighted by Gasteiger charge is -2.23. The van der Waals surface area contributed by atoms with Crippen LogP contribution in [-0.4, -0.2) is 34.8 Å². The van der Waals surface area contributed by atoms with E-state index in [0.717, 1.165) is 11.3 Å². The number of para-hydroxylation sites is 1. The monoisotopic (exact) mass is 393 g/mol. The number of benzene rings is 2. The number of aryl methyl sites for hydroxylation is 2. The number of anilines is 1. The minimum atomic E-state index is -0.371. The van der Waals surface area contributed by atoms with E-state index >= 15 is 0 Å². The summed E-state index contributed by atoms with van der Waals surface area (Å²) < 4.78 is 13.4. The number of pyridine rings is 1. The van der Waals surface area contributed by atoms with Gasteiger partial charge in [-0.1, -0.05) is 25.1 Å². The van der Waals surface area contributed by atoms with Gasteiger partial charge in [0.05, 0.1) is 16.8 Å². The van der Waals surface area contributed by atoms with Gasteiger partial charge in [-0.05, 0) is 50.1 Å². The number of amides is 2. The minimum Gasteiger partial charge on any atom is -0.329 e. The first-order chi connectivity index (χ1) is 13.9. The second kappa shape index (κ2) is 8.82. The van der Waals surface area contributed by atoms with Gasteiger partial charge in [-0.25, -0.2) is 4.39 Å². The fraction of sp³-hybridized carbons (Fsp3) is 0.261. The van der Waals surface area contributed by atoms with Crippen LogP contribution in [0.2, 0.25) is 0 Å². The summed E-state index contributed by atoms with van der Waals surface area (Å²) in [5.41, 5.74) is 3.11. The highest BCUT2D eigenvalue weighted by Crippen LogP contribution is 2.20. The van der Waals surface area contributed by atoms with E-state index in [1.165, 1.54) is 17.0 Å². The van der Waals surface area contributed by atoms with Gasteiger partial charge in [-0.2, -0.15) is 0 Å². The number of hydrogen-bond donors (Lipinski definition) is 1. The smallest absolute Gasteiger partial charge is 0.256 e. The molecule has 0 spiro atoms. The molecule has 150 valence electrons. The predicted molar refractivity (Wildman–Crippen MR) is 112 cm³/mol. The topological polar surface area (TPSA) is 62.3 Å². The molecule has 0 aliphatic heterocycles. The highest BCUT2D eigenvalue weighted by molar-refractivity contribution is 6.02. The molecule has 6 heteroatoms. The Morgan fingerprint density at radius 2 is 1.86 bits per heavy atom. The molecule has 0 aliphatic carbocycles. The first-order valence-electron chi connectivity index (χ1n) is 9.60. The van der Waals surface area contributed by atoms with Gasteiger partial charge in [0, 0.05) is 23.7 Å². The van der Waals surface area contributed by atoms with Crippen molar-refractivity contribution in [1.29, 1.82) is 0 Å². The lowest BCUT2D eigenvalue weighted by Crippen LogP contribution is -2.39.